The molecule has 1 aromatic heterocycles. The highest BCUT2D eigenvalue weighted by Crippen LogP contribution is 2.37. The molecular weight excluding hydrogens is 259 g/mol. The molecule has 0 radical (unpaired) electrons. The third-order valence-electron chi connectivity index (χ3n) is 2.57. The van der Waals surface area contributed by atoms with Gasteiger partial charge in [0.25, 0.3) is 0 Å². The van der Waals surface area contributed by atoms with E-state index in [-0.39, 0.29) is 16.7 Å². The predicted octanol–water partition coefficient (Wildman–Crippen LogP) is 3.47. The lowest BCUT2D eigenvalue weighted by atomic mass is 9.97. The topological polar surface area (TPSA) is 50.2 Å². The van der Waals surface area contributed by atoms with Gasteiger partial charge in [-0.25, -0.2) is 4.79 Å². The zero-order valence-corrected chi connectivity index (χ0v) is 9.48. The number of benzene rings is 1. The number of aromatic carboxylic acids is 1. The van der Waals surface area contributed by atoms with E-state index >= 15 is 0 Å². The maximum absolute atomic E-state index is 12.9. The van der Waals surface area contributed by atoms with Crippen LogP contribution in [0.3, 0.4) is 0 Å². The van der Waals surface area contributed by atoms with E-state index in [1.54, 1.807) is 0 Å². The van der Waals surface area contributed by atoms with Crippen molar-refractivity contribution in [3.63, 3.8) is 0 Å². The van der Waals surface area contributed by atoms with Gasteiger partial charge in [0.05, 0.1) is 11.1 Å². The summed E-state index contributed by atoms with van der Waals surface area (Å²) in [4.78, 5) is 14.7. The smallest absolute Gasteiger partial charge is 0.417 e. The largest absolute Gasteiger partial charge is 0.478 e. The molecule has 1 aromatic carbocycles. The Balaban J connectivity index is 2.70. The van der Waals surface area contributed by atoms with E-state index < -0.39 is 17.7 Å². The first-order valence-corrected chi connectivity index (χ1v) is 5.25. The van der Waals surface area contributed by atoms with E-state index in [0.717, 1.165) is 18.5 Å². The Hall–Kier alpha value is -2.37. The fourth-order valence-electron chi connectivity index (χ4n) is 1.76. The third-order valence-corrected chi connectivity index (χ3v) is 2.57. The minimum Gasteiger partial charge on any atom is -0.478 e. The second-order valence-corrected chi connectivity index (χ2v) is 3.77. The van der Waals surface area contributed by atoms with Gasteiger partial charge in [-0.2, -0.15) is 13.2 Å². The summed E-state index contributed by atoms with van der Waals surface area (Å²) >= 11 is 0. The summed E-state index contributed by atoms with van der Waals surface area (Å²) in [6, 6.07) is 6.35. The van der Waals surface area contributed by atoms with Gasteiger partial charge in [0.1, 0.15) is 0 Å². The average Bonchev–Trinajstić information content (AvgIpc) is 2.37. The summed E-state index contributed by atoms with van der Waals surface area (Å²) in [5.74, 6) is -1.28. The fraction of sp³-hybridized carbons (Fsp3) is 0.0769. The van der Waals surface area contributed by atoms with Crippen LogP contribution in [0.2, 0.25) is 0 Å². The van der Waals surface area contributed by atoms with Crippen LogP contribution in [0.4, 0.5) is 13.2 Å². The lowest BCUT2D eigenvalue weighted by Crippen LogP contribution is -2.09. The van der Waals surface area contributed by atoms with Crippen LogP contribution in [0, 0.1) is 0 Å². The Morgan fingerprint density at radius 1 is 1.11 bits per heavy atom. The van der Waals surface area contributed by atoms with Crippen LogP contribution in [0.25, 0.3) is 11.1 Å². The van der Waals surface area contributed by atoms with Gasteiger partial charge in [-0.3, -0.25) is 4.98 Å². The first-order chi connectivity index (χ1) is 8.91. The van der Waals surface area contributed by atoms with Crippen LogP contribution in [0.5, 0.6) is 0 Å². The van der Waals surface area contributed by atoms with E-state index in [2.05, 4.69) is 4.98 Å². The van der Waals surface area contributed by atoms with Crippen molar-refractivity contribution >= 4 is 5.97 Å². The van der Waals surface area contributed by atoms with Crippen molar-refractivity contribution < 1.29 is 23.1 Å². The molecule has 0 aliphatic carbocycles. The number of pyridine rings is 1. The fourth-order valence-corrected chi connectivity index (χ4v) is 1.76. The molecule has 0 spiro atoms. The molecule has 0 amide bonds. The number of alkyl halides is 3. The monoisotopic (exact) mass is 267 g/mol. The normalized spacial score (nSPS) is 11.3. The molecule has 1 heterocycles. The molecular formula is C13H8F3NO2. The maximum atomic E-state index is 12.9. The molecule has 2 rings (SSSR count). The molecule has 0 saturated heterocycles. The summed E-state index contributed by atoms with van der Waals surface area (Å²) in [6.45, 7) is 0. The quantitative estimate of drug-likeness (QED) is 0.906. The minimum absolute atomic E-state index is 0.00424. The Morgan fingerprint density at radius 2 is 1.79 bits per heavy atom. The average molecular weight is 267 g/mol. The molecule has 0 aliphatic heterocycles. The van der Waals surface area contributed by atoms with Gasteiger partial charge < -0.3 is 5.11 Å². The molecule has 0 aliphatic rings. The number of carboxylic acid groups (broad SMARTS) is 1. The maximum Gasteiger partial charge on any atom is 0.417 e. The van der Waals surface area contributed by atoms with Crippen molar-refractivity contribution in [2.24, 2.45) is 0 Å². The number of hydrogen-bond donors (Lipinski definition) is 1. The highest BCUT2D eigenvalue weighted by molar-refractivity contribution is 5.96. The van der Waals surface area contributed by atoms with Crippen LogP contribution in [0.1, 0.15) is 15.9 Å². The summed E-state index contributed by atoms with van der Waals surface area (Å²) in [5.41, 5.74) is -1.35. The zero-order chi connectivity index (χ0) is 14.0. The number of carboxylic acids is 1. The van der Waals surface area contributed by atoms with E-state index in [4.69, 9.17) is 5.11 Å². The molecule has 0 atom stereocenters. The van der Waals surface area contributed by atoms with Gasteiger partial charge in [-0.15, -0.1) is 0 Å². The van der Waals surface area contributed by atoms with Gasteiger partial charge in [-0.05, 0) is 17.7 Å². The SMILES string of the molecule is O=C(O)c1ccccc1-c1cnccc1C(F)(F)F. The van der Waals surface area contributed by atoms with Gasteiger partial charge in [-0.1, -0.05) is 18.2 Å². The minimum atomic E-state index is -4.57. The highest BCUT2D eigenvalue weighted by Gasteiger charge is 2.34. The van der Waals surface area contributed by atoms with E-state index in [1.807, 2.05) is 0 Å². The predicted molar refractivity (Wildman–Crippen MR) is 61.6 cm³/mol. The number of nitrogens with zero attached hydrogens (tertiary/aromatic N) is 1. The number of hydrogen-bond acceptors (Lipinski definition) is 2. The van der Waals surface area contributed by atoms with Crippen molar-refractivity contribution in [2.45, 2.75) is 6.18 Å². The lowest BCUT2D eigenvalue weighted by molar-refractivity contribution is -0.137. The first-order valence-electron chi connectivity index (χ1n) is 5.25. The Morgan fingerprint density at radius 3 is 2.42 bits per heavy atom. The summed E-state index contributed by atoms with van der Waals surface area (Å²) < 4.78 is 38.7. The van der Waals surface area contributed by atoms with Crippen LogP contribution in [-0.4, -0.2) is 16.1 Å². The number of aromatic nitrogens is 1. The van der Waals surface area contributed by atoms with Crippen molar-refractivity contribution in [3.05, 3.63) is 53.9 Å². The van der Waals surface area contributed by atoms with E-state index in [0.29, 0.717) is 0 Å². The molecule has 0 bridgehead atoms. The van der Waals surface area contributed by atoms with Crippen molar-refractivity contribution in [2.75, 3.05) is 0 Å². The van der Waals surface area contributed by atoms with Crippen LogP contribution in [-0.2, 0) is 6.18 Å². The molecule has 98 valence electrons. The number of halogens is 3. The first kappa shape index (κ1) is 13.1. The van der Waals surface area contributed by atoms with Crippen LogP contribution >= 0.6 is 0 Å². The Bertz CT molecular complexity index is 623. The molecule has 3 nitrogen and oxygen atoms in total. The van der Waals surface area contributed by atoms with Gasteiger partial charge >= 0.3 is 12.1 Å². The summed E-state index contributed by atoms with van der Waals surface area (Å²) in [6.07, 6.45) is -2.52. The van der Waals surface area contributed by atoms with Crippen molar-refractivity contribution in [1.82, 2.24) is 4.98 Å². The van der Waals surface area contributed by atoms with E-state index in [1.165, 1.54) is 24.3 Å². The van der Waals surface area contributed by atoms with Gasteiger partial charge in [0, 0.05) is 18.0 Å². The molecule has 0 fully saturated rings. The lowest BCUT2D eigenvalue weighted by Gasteiger charge is -2.13. The van der Waals surface area contributed by atoms with E-state index in [9.17, 15) is 18.0 Å². The molecule has 0 unspecified atom stereocenters. The summed E-state index contributed by atoms with van der Waals surface area (Å²) in [5, 5.41) is 9.02. The van der Waals surface area contributed by atoms with Gasteiger partial charge in [0.2, 0.25) is 0 Å². The second-order valence-electron chi connectivity index (χ2n) is 3.77. The van der Waals surface area contributed by atoms with Crippen molar-refractivity contribution in [1.29, 1.82) is 0 Å². The molecule has 1 N–H and O–H groups in total. The second kappa shape index (κ2) is 4.72. The molecule has 0 saturated carbocycles. The molecule has 19 heavy (non-hydrogen) atoms. The van der Waals surface area contributed by atoms with Gasteiger partial charge in [0.15, 0.2) is 0 Å². The number of carbonyl (C=O) groups is 1. The van der Waals surface area contributed by atoms with Crippen LogP contribution < -0.4 is 0 Å². The molecule has 6 heteroatoms. The Kier molecular flexibility index (Phi) is 3.25. The standard InChI is InChI=1S/C13H8F3NO2/c14-13(15,16)11-5-6-17-7-10(11)8-3-1-2-4-9(8)12(18)19/h1-7H,(H,18,19). The zero-order valence-electron chi connectivity index (χ0n) is 9.48. The summed E-state index contributed by atoms with van der Waals surface area (Å²) in [7, 11) is 0. The van der Waals surface area contributed by atoms with Crippen LogP contribution in [0.15, 0.2) is 42.7 Å². The molecule has 2 aromatic rings. The Labute approximate surface area is 106 Å². The highest BCUT2D eigenvalue weighted by atomic mass is 19.4. The third kappa shape index (κ3) is 2.57. The number of rotatable bonds is 2. The van der Waals surface area contributed by atoms with Crippen molar-refractivity contribution in [3.8, 4) is 11.1 Å².